The Kier molecular flexibility index (Phi) is 3.79. The number of hydrogen-bond acceptors (Lipinski definition) is 4. The van der Waals surface area contributed by atoms with Crippen LogP contribution in [0.15, 0.2) is 41.0 Å². The fourth-order valence-corrected chi connectivity index (χ4v) is 2.33. The maximum atomic E-state index is 5.79. The van der Waals surface area contributed by atoms with E-state index in [1.54, 1.807) is 6.26 Å². The zero-order valence-electron chi connectivity index (χ0n) is 10.8. The molecule has 0 radical (unpaired) electrons. The number of nitrogens with one attached hydrogen (secondary N) is 1. The smallest absolute Gasteiger partial charge is 0.213 e. The number of hydrogen-bond donors (Lipinski definition) is 1. The third-order valence-electron chi connectivity index (χ3n) is 3.36. The number of rotatable bonds is 4. The van der Waals surface area contributed by atoms with E-state index in [0.29, 0.717) is 11.8 Å². The lowest BCUT2D eigenvalue weighted by atomic mass is 10.0. The number of aromatic nitrogens is 1. The summed E-state index contributed by atoms with van der Waals surface area (Å²) in [6.45, 7) is 2.89. The van der Waals surface area contributed by atoms with Gasteiger partial charge in [0.15, 0.2) is 5.76 Å². The summed E-state index contributed by atoms with van der Waals surface area (Å²) in [4.78, 5) is 4.46. The molecule has 0 aliphatic carbocycles. The van der Waals surface area contributed by atoms with Gasteiger partial charge in [-0.1, -0.05) is 6.07 Å². The molecule has 1 atom stereocenters. The Balaban J connectivity index is 1.63. The number of furan rings is 1. The second-order valence-electron chi connectivity index (χ2n) is 4.86. The van der Waals surface area contributed by atoms with Crippen molar-refractivity contribution >= 4 is 0 Å². The summed E-state index contributed by atoms with van der Waals surface area (Å²) in [5.41, 5.74) is 0.810. The fraction of sp³-hybridized carbons (Fsp3) is 0.400. The van der Waals surface area contributed by atoms with Gasteiger partial charge in [0.25, 0.3) is 0 Å². The molecular formula is C15H18N2O2. The summed E-state index contributed by atoms with van der Waals surface area (Å²) in [5, 5.41) is 3.39. The standard InChI is InChI=1S/C15H18N2O2/c1-5-13(14-6-3-9-18-14)17-15(7-1)19-11-12-4-2-8-16-10-12/h1,3,5-7,9,12,16H,2,4,8,10-11H2. The Hall–Kier alpha value is -1.81. The molecule has 3 rings (SSSR count). The lowest BCUT2D eigenvalue weighted by Gasteiger charge is -2.22. The van der Waals surface area contributed by atoms with Crippen molar-refractivity contribution in [1.82, 2.24) is 10.3 Å². The summed E-state index contributed by atoms with van der Waals surface area (Å²) in [6, 6.07) is 9.52. The average Bonchev–Trinajstić information content (AvgIpc) is 3.01. The van der Waals surface area contributed by atoms with E-state index in [4.69, 9.17) is 9.15 Å². The predicted molar refractivity (Wildman–Crippen MR) is 73.0 cm³/mol. The number of ether oxygens (including phenoxy) is 1. The van der Waals surface area contributed by atoms with Gasteiger partial charge in [-0.05, 0) is 37.6 Å². The third-order valence-corrected chi connectivity index (χ3v) is 3.36. The zero-order valence-corrected chi connectivity index (χ0v) is 10.8. The minimum Gasteiger partial charge on any atom is -0.477 e. The maximum Gasteiger partial charge on any atom is 0.213 e. The van der Waals surface area contributed by atoms with Crippen LogP contribution in [0.4, 0.5) is 0 Å². The lowest BCUT2D eigenvalue weighted by Crippen LogP contribution is -2.33. The number of nitrogens with zero attached hydrogens (tertiary/aromatic N) is 1. The van der Waals surface area contributed by atoms with Gasteiger partial charge in [0, 0.05) is 18.5 Å². The van der Waals surface area contributed by atoms with E-state index < -0.39 is 0 Å². The highest BCUT2D eigenvalue weighted by molar-refractivity contribution is 5.52. The van der Waals surface area contributed by atoms with Crippen LogP contribution in [0.25, 0.3) is 11.5 Å². The molecule has 4 heteroatoms. The van der Waals surface area contributed by atoms with Crippen LogP contribution in [0.1, 0.15) is 12.8 Å². The summed E-state index contributed by atoms with van der Waals surface area (Å²) in [7, 11) is 0. The van der Waals surface area contributed by atoms with E-state index in [-0.39, 0.29) is 0 Å². The molecule has 1 fully saturated rings. The Bertz CT molecular complexity index is 505. The van der Waals surface area contributed by atoms with Crippen LogP contribution in [0.5, 0.6) is 5.88 Å². The molecule has 1 aliphatic heterocycles. The molecule has 2 aromatic heterocycles. The van der Waals surface area contributed by atoms with E-state index in [2.05, 4.69) is 10.3 Å². The number of piperidine rings is 1. The topological polar surface area (TPSA) is 47.3 Å². The van der Waals surface area contributed by atoms with E-state index in [0.717, 1.165) is 31.2 Å². The van der Waals surface area contributed by atoms with Gasteiger partial charge in [-0.2, -0.15) is 0 Å². The molecule has 3 heterocycles. The molecule has 1 saturated heterocycles. The first-order chi connectivity index (χ1) is 9.42. The summed E-state index contributed by atoms with van der Waals surface area (Å²) in [6.07, 6.45) is 4.11. The number of pyridine rings is 1. The van der Waals surface area contributed by atoms with E-state index in [1.165, 1.54) is 12.8 Å². The molecule has 4 nitrogen and oxygen atoms in total. The Morgan fingerprint density at radius 3 is 3.11 bits per heavy atom. The molecule has 0 saturated carbocycles. The summed E-state index contributed by atoms with van der Waals surface area (Å²) in [5.74, 6) is 2.02. The zero-order chi connectivity index (χ0) is 12.9. The molecule has 0 aromatic carbocycles. The van der Waals surface area contributed by atoms with Gasteiger partial charge >= 0.3 is 0 Å². The van der Waals surface area contributed by atoms with Crippen LogP contribution in [-0.4, -0.2) is 24.7 Å². The van der Waals surface area contributed by atoms with E-state index in [9.17, 15) is 0 Å². The van der Waals surface area contributed by atoms with E-state index in [1.807, 2.05) is 30.3 Å². The van der Waals surface area contributed by atoms with Crippen molar-refractivity contribution in [3.8, 4) is 17.3 Å². The second kappa shape index (κ2) is 5.89. The van der Waals surface area contributed by atoms with Crippen molar-refractivity contribution in [3.05, 3.63) is 36.6 Å². The highest BCUT2D eigenvalue weighted by atomic mass is 16.5. The van der Waals surface area contributed by atoms with Gasteiger partial charge in [0.2, 0.25) is 5.88 Å². The first-order valence-corrected chi connectivity index (χ1v) is 6.76. The molecule has 1 N–H and O–H groups in total. The summed E-state index contributed by atoms with van der Waals surface area (Å²) < 4.78 is 11.1. The highest BCUT2D eigenvalue weighted by Gasteiger charge is 2.14. The Morgan fingerprint density at radius 2 is 2.32 bits per heavy atom. The molecule has 0 bridgehead atoms. The molecule has 19 heavy (non-hydrogen) atoms. The molecule has 0 amide bonds. The molecule has 0 spiro atoms. The minimum atomic E-state index is 0.586. The van der Waals surface area contributed by atoms with Crippen molar-refractivity contribution in [2.75, 3.05) is 19.7 Å². The maximum absolute atomic E-state index is 5.79. The lowest BCUT2D eigenvalue weighted by molar-refractivity contribution is 0.212. The highest BCUT2D eigenvalue weighted by Crippen LogP contribution is 2.20. The van der Waals surface area contributed by atoms with Gasteiger partial charge in [-0.25, -0.2) is 4.98 Å². The first kappa shape index (κ1) is 12.2. The predicted octanol–water partition coefficient (Wildman–Crippen LogP) is 2.72. The normalized spacial score (nSPS) is 19.3. The third kappa shape index (κ3) is 3.15. The van der Waals surface area contributed by atoms with Gasteiger partial charge in [0.1, 0.15) is 5.69 Å². The van der Waals surface area contributed by atoms with Crippen molar-refractivity contribution in [2.24, 2.45) is 5.92 Å². The Labute approximate surface area is 112 Å². The van der Waals surface area contributed by atoms with Gasteiger partial charge < -0.3 is 14.5 Å². The Morgan fingerprint density at radius 1 is 1.32 bits per heavy atom. The minimum absolute atomic E-state index is 0.586. The molecular weight excluding hydrogens is 240 g/mol. The molecule has 100 valence electrons. The summed E-state index contributed by atoms with van der Waals surface area (Å²) >= 11 is 0. The first-order valence-electron chi connectivity index (χ1n) is 6.76. The monoisotopic (exact) mass is 258 g/mol. The fourth-order valence-electron chi connectivity index (χ4n) is 2.33. The molecule has 1 unspecified atom stereocenters. The largest absolute Gasteiger partial charge is 0.477 e. The SMILES string of the molecule is c1cc(OCC2CCCNC2)nc(-c2ccco2)c1. The van der Waals surface area contributed by atoms with Crippen LogP contribution in [0.2, 0.25) is 0 Å². The van der Waals surface area contributed by atoms with Crippen molar-refractivity contribution in [2.45, 2.75) is 12.8 Å². The van der Waals surface area contributed by atoms with Crippen LogP contribution in [0, 0.1) is 5.92 Å². The van der Waals surface area contributed by atoms with E-state index >= 15 is 0 Å². The van der Waals surface area contributed by atoms with Crippen molar-refractivity contribution < 1.29 is 9.15 Å². The van der Waals surface area contributed by atoms with Gasteiger partial charge in [0.05, 0.1) is 12.9 Å². The quantitative estimate of drug-likeness (QED) is 0.916. The van der Waals surface area contributed by atoms with Crippen LogP contribution in [0.3, 0.4) is 0 Å². The second-order valence-corrected chi connectivity index (χ2v) is 4.86. The average molecular weight is 258 g/mol. The van der Waals surface area contributed by atoms with Crippen LogP contribution >= 0.6 is 0 Å². The van der Waals surface area contributed by atoms with Crippen molar-refractivity contribution in [1.29, 1.82) is 0 Å². The molecule has 2 aromatic rings. The van der Waals surface area contributed by atoms with Crippen molar-refractivity contribution in [3.63, 3.8) is 0 Å². The molecule has 1 aliphatic rings. The van der Waals surface area contributed by atoms with Crippen LogP contribution < -0.4 is 10.1 Å². The van der Waals surface area contributed by atoms with Gasteiger partial charge in [-0.15, -0.1) is 0 Å². The van der Waals surface area contributed by atoms with Crippen LogP contribution in [-0.2, 0) is 0 Å². The van der Waals surface area contributed by atoms with Gasteiger partial charge in [-0.3, -0.25) is 0 Å².